The molecule has 0 saturated heterocycles. The summed E-state index contributed by atoms with van der Waals surface area (Å²) in [5.41, 5.74) is 1.39. The molecule has 0 atom stereocenters. The lowest BCUT2D eigenvalue weighted by atomic mass is 10.2. The number of methoxy groups -OCH3 is 1. The zero-order valence-corrected chi connectivity index (χ0v) is 10.1. The number of esters is 1. The summed E-state index contributed by atoms with van der Waals surface area (Å²) < 4.78 is 5.99. The number of aromatic nitrogens is 2. The predicted molar refractivity (Wildman–Crippen MR) is 67.1 cm³/mol. The molecule has 0 N–H and O–H groups in total. The van der Waals surface area contributed by atoms with Crippen LogP contribution < -0.4 is 0 Å². The second-order valence-electron chi connectivity index (χ2n) is 3.70. The van der Waals surface area contributed by atoms with E-state index in [0.29, 0.717) is 5.65 Å². The lowest BCUT2D eigenvalue weighted by molar-refractivity contribution is -0.134. The average molecular weight is 244 g/mol. The Hall–Kier alpha value is -2.43. The molecule has 92 valence electrons. The number of nitrogens with zero attached hydrogens (tertiary/aromatic N) is 2. The third-order valence-corrected chi connectivity index (χ3v) is 2.56. The summed E-state index contributed by atoms with van der Waals surface area (Å²) in [5, 5.41) is 0.813. The van der Waals surface area contributed by atoms with Crippen molar-refractivity contribution in [3.05, 3.63) is 36.2 Å². The van der Waals surface area contributed by atoms with E-state index in [0.717, 1.165) is 10.9 Å². The monoisotopic (exact) mass is 244 g/mol. The molecule has 0 aliphatic rings. The number of rotatable bonds is 2. The molecule has 0 fully saturated rings. The number of hydrogen-bond donors (Lipinski definition) is 0. The summed E-state index contributed by atoms with van der Waals surface area (Å²) in [7, 11) is 1.32. The summed E-state index contributed by atoms with van der Waals surface area (Å²) in [6.45, 7) is 1.47. The number of pyridine rings is 1. The van der Waals surface area contributed by atoms with Crippen LogP contribution in [0.25, 0.3) is 17.1 Å². The van der Waals surface area contributed by atoms with Crippen molar-refractivity contribution in [2.75, 3.05) is 7.11 Å². The molecule has 2 rings (SSSR count). The number of hydrogen-bond acceptors (Lipinski definition) is 4. The fourth-order valence-electron chi connectivity index (χ4n) is 1.68. The van der Waals surface area contributed by atoms with Gasteiger partial charge in [0.15, 0.2) is 0 Å². The minimum absolute atomic E-state index is 0.105. The van der Waals surface area contributed by atoms with Gasteiger partial charge in [-0.15, -0.1) is 0 Å². The molecule has 0 unspecified atom stereocenters. The molecular weight excluding hydrogens is 232 g/mol. The summed E-state index contributed by atoms with van der Waals surface area (Å²) >= 11 is 0. The highest BCUT2D eigenvalue weighted by atomic mass is 16.5. The van der Waals surface area contributed by atoms with Gasteiger partial charge in [-0.3, -0.25) is 9.36 Å². The molecule has 0 aromatic carbocycles. The van der Waals surface area contributed by atoms with Gasteiger partial charge in [-0.2, -0.15) is 0 Å². The second-order valence-corrected chi connectivity index (χ2v) is 3.70. The maximum atomic E-state index is 11.4. The maximum absolute atomic E-state index is 11.4. The normalized spacial score (nSPS) is 11.0. The molecular formula is C13H12N2O3. The first-order chi connectivity index (χ1) is 8.63. The first-order valence-electron chi connectivity index (χ1n) is 5.36. The third kappa shape index (κ3) is 2.15. The van der Waals surface area contributed by atoms with Gasteiger partial charge >= 0.3 is 5.97 Å². The van der Waals surface area contributed by atoms with Crippen molar-refractivity contribution in [2.24, 2.45) is 0 Å². The van der Waals surface area contributed by atoms with Crippen LogP contribution in [0.4, 0.5) is 0 Å². The van der Waals surface area contributed by atoms with E-state index < -0.39 is 5.97 Å². The molecule has 0 radical (unpaired) electrons. The maximum Gasteiger partial charge on any atom is 0.330 e. The average Bonchev–Trinajstić information content (AvgIpc) is 2.80. The largest absolute Gasteiger partial charge is 0.466 e. The van der Waals surface area contributed by atoms with Crippen LogP contribution in [0.5, 0.6) is 0 Å². The molecule has 18 heavy (non-hydrogen) atoms. The molecule has 5 heteroatoms. The van der Waals surface area contributed by atoms with Crippen molar-refractivity contribution in [1.29, 1.82) is 0 Å². The van der Waals surface area contributed by atoms with Crippen molar-refractivity contribution >= 4 is 29.0 Å². The molecule has 2 heterocycles. The molecule has 0 spiro atoms. The smallest absolute Gasteiger partial charge is 0.330 e. The van der Waals surface area contributed by atoms with Crippen molar-refractivity contribution in [3.8, 4) is 0 Å². The van der Waals surface area contributed by atoms with Crippen LogP contribution in [0.3, 0.4) is 0 Å². The molecule has 0 bridgehead atoms. The van der Waals surface area contributed by atoms with Crippen LogP contribution >= 0.6 is 0 Å². The van der Waals surface area contributed by atoms with Gasteiger partial charge in [0.05, 0.1) is 7.11 Å². The Morgan fingerprint density at radius 3 is 2.83 bits per heavy atom. The predicted octanol–water partition coefficient (Wildman–Crippen LogP) is 1.88. The van der Waals surface area contributed by atoms with Gasteiger partial charge in [0.1, 0.15) is 5.65 Å². The van der Waals surface area contributed by atoms with Crippen LogP contribution in [0.2, 0.25) is 0 Å². The molecule has 0 aliphatic heterocycles. The van der Waals surface area contributed by atoms with E-state index in [-0.39, 0.29) is 5.91 Å². The second kappa shape index (κ2) is 4.83. The minimum atomic E-state index is -0.425. The Morgan fingerprint density at radius 2 is 2.17 bits per heavy atom. The van der Waals surface area contributed by atoms with Crippen LogP contribution in [0, 0.1) is 0 Å². The summed E-state index contributed by atoms with van der Waals surface area (Å²) in [6.07, 6.45) is 6.23. The third-order valence-electron chi connectivity index (χ3n) is 2.56. The van der Waals surface area contributed by atoms with E-state index in [4.69, 9.17) is 0 Å². The SMILES string of the molecule is COC(=O)/C=C/c1ccnc2c1ccn2C(C)=O. The summed E-state index contributed by atoms with van der Waals surface area (Å²) in [6, 6.07) is 3.56. The molecule has 0 aliphatic carbocycles. The van der Waals surface area contributed by atoms with Crippen molar-refractivity contribution in [2.45, 2.75) is 6.92 Å². The van der Waals surface area contributed by atoms with Gasteiger partial charge in [-0.05, 0) is 23.8 Å². The van der Waals surface area contributed by atoms with Crippen LogP contribution in [-0.2, 0) is 9.53 Å². The van der Waals surface area contributed by atoms with E-state index in [2.05, 4.69) is 9.72 Å². The van der Waals surface area contributed by atoms with Gasteiger partial charge in [-0.1, -0.05) is 0 Å². The van der Waals surface area contributed by atoms with Crippen molar-refractivity contribution in [3.63, 3.8) is 0 Å². The van der Waals surface area contributed by atoms with E-state index >= 15 is 0 Å². The first kappa shape index (κ1) is 12.0. The van der Waals surface area contributed by atoms with Crippen LogP contribution in [-0.4, -0.2) is 28.5 Å². The zero-order chi connectivity index (χ0) is 13.1. The van der Waals surface area contributed by atoms with Crippen molar-refractivity contribution in [1.82, 2.24) is 9.55 Å². The van der Waals surface area contributed by atoms with Gasteiger partial charge in [0, 0.05) is 30.8 Å². The molecule has 5 nitrogen and oxygen atoms in total. The Balaban J connectivity index is 2.50. The van der Waals surface area contributed by atoms with Crippen LogP contribution in [0.15, 0.2) is 30.6 Å². The molecule has 0 amide bonds. The Labute approximate surface area is 104 Å². The molecule has 2 aromatic rings. The zero-order valence-electron chi connectivity index (χ0n) is 10.1. The van der Waals surface area contributed by atoms with E-state index in [1.165, 1.54) is 24.7 Å². The Bertz CT molecular complexity index is 641. The summed E-state index contributed by atoms with van der Waals surface area (Å²) in [5.74, 6) is -0.530. The highest BCUT2D eigenvalue weighted by Gasteiger charge is 2.07. The van der Waals surface area contributed by atoms with Gasteiger partial charge in [-0.25, -0.2) is 9.78 Å². The number of fused-ring (bicyclic) bond motifs is 1. The lowest BCUT2D eigenvalue weighted by Gasteiger charge is -2.00. The van der Waals surface area contributed by atoms with Gasteiger partial charge in [0.2, 0.25) is 5.91 Å². The Morgan fingerprint density at radius 1 is 1.39 bits per heavy atom. The topological polar surface area (TPSA) is 61.2 Å². The van der Waals surface area contributed by atoms with Crippen molar-refractivity contribution < 1.29 is 14.3 Å². The number of ether oxygens (including phenoxy) is 1. The quantitative estimate of drug-likeness (QED) is 0.597. The first-order valence-corrected chi connectivity index (χ1v) is 5.36. The van der Waals surface area contributed by atoms with E-state index in [9.17, 15) is 9.59 Å². The molecule has 2 aromatic heterocycles. The molecule has 0 saturated carbocycles. The summed E-state index contributed by atoms with van der Waals surface area (Å²) in [4.78, 5) is 26.6. The fraction of sp³-hybridized carbons (Fsp3) is 0.154. The van der Waals surface area contributed by atoms with Gasteiger partial charge in [0.25, 0.3) is 0 Å². The highest BCUT2D eigenvalue weighted by Crippen LogP contribution is 2.19. The van der Waals surface area contributed by atoms with Crippen LogP contribution in [0.1, 0.15) is 17.3 Å². The van der Waals surface area contributed by atoms with E-state index in [1.54, 1.807) is 30.6 Å². The number of carbonyl (C=O) groups is 2. The minimum Gasteiger partial charge on any atom is -0.466 e. The highest BCUT2D eigenvalue weighted by molar-refractivity contribution is 5.96. The van der Waals surface area contributed by atoms with E-state index in [1.807, 2.05) is 0 Å². The Kier molecular flexibility index (Phi) is 3.23. The fourth-order valence-corrected chi connectivity index (χ4v) is 1.68. The lowest BCUT2D eigenvalue weighted by Crippen LogP contribution is -2.04. The number of carbonyl (C=O) groups excluding carboxylic acids is 2. The standard InChI is InChI=1S/C13H12N2O3/c1-9(16)15-8-6-11-10(3-4-12(17)18-2)5-7-14-13(11)15/h3-8H,1-2H3/b4-3+. The van der Waals surface area contributed by atoms with Gasteiger partial charge < -0.3 is 4.74 Å².